The number of methoxy groups -OCH3 is 2. The van der Waals surface area contributed by atoms with Crippen LogP contribution in [-0.4, -0.2) is 23.8 Å². The Kier molecular flexibility index (Phi) is 5.07. The molecule has 0 unspecified atom stereocenters. The Morgan fingerprint density at radius 2 is 1.59 bits per heavy atom. The normalized spacial score (nSPS) is 11.1. The van der Waals surface area contributed by atoms with E-state index in [2.05, 4.69) is 0 Å². The summed E-state index contributed by atoms with van der Waals surface area (Å²) in [5.41, 5.74) is 2.31. The van der Waals surface area contributed by atoms with Crippen molar-refractivity contribution < 1.29 is 9.47 Å². The van der Waals surface area contributed by atoms with Gasteiger partial charge in [-0.1, -0.05) is 60.7 Å². The molecule has 5 heteroatoms. The van der Waals surface area contributed by atoms with Gasteiger partial charge in [-0.3, -0.25) is 9.36 Å². The molecule has 0 saturated heterocycles. The van der Waals surface area contributed by atoms with Crippen molar-refractivity contribution in [3.63, 3.8) is 0 Å². The highest BCUT2D eigenvalue weighted by Gasteiger charge is 2.19. The monoisotopic (exact) mass is 422 g/mol. The fourth-order valence-corrected chi connectivity index (χ4v) is 4.08. The van der Waals surface area contributed by atoms with Gasteiger partial charge in [0.25, 0.3) is 5.56 Å². The molecular formula is C27H22N2O3. The van der Waals surface area contributed by atoms with E-state index < -0.39 is 0 Å². The number of hydrogen-bond donors (Lipinski definition) is 0. The van der Waals surface area contributed by atoms with E-state index in [0.717, 1.165) is 21.9 Å². The predicted molar refractivity (Wildman–Crippen MR) is 128 cm³/mol. The van der Waals surface area contributed by atoms with Crippen molar-refractivity contribution in [2.45, 2.75) is 6.54 Å². The van der Waals surface area contributed by atoms with Crippen molar-refractivity contribution in [1.29, 1.82) is 0 Å². The second-order valence-corrected chi connectivity index (χ2v) is 7.56. The lowest BCUT2D eigenvalue weighted by Gasteiger charge is -2.18. The Balaban J connectivity index is 1.88. The van der Waals surface area contributed by atoms with E-state index in [1.165, 1.54) is 0 Å². The summed E-state index contributed by atoms with van der Waals surface area (Å²) < 4.78 is 12.8. The minimum absolute atomic E-state index is 0.122. The molecule has 5 aromatic rings. The van der Waals surface area contributed by atoms with Crippen LogP contribution in [0.25, 0.3) is 33.1 Å². The van der Waals surface area contributed by atoms with Gasteiger partial charge in [0, 0.05) is 0 Å². The largest absolute Gasteiger partial charge is 0.497 e. The van der Waals surface area contributed by atoms with Gasteiger partial charge in [-0.05, 0) is 40.6 Å². The van der Waals surface area contributed by atoms with Crippen LogP contribution in [0.2, 0.25) is 0 Å². The molecule has 5 rings (SSSR count). The first-order chi connectivity index (χ1) is 15.7. The first kappa shape index (κ1) is 19.8. The molecule has 1 aromatic heterocycles. The molecule has 0 bridgehead atoms. The fourth-order valence-electron chi connectivity index (χ4n) is 4.08. The highest BCUT2D eigenvalue weighted by atomic mass is 16.5. The van der Waals surface area contributed by atoms with Crippen molar-refractivity contribution in [2.24, 2.45) is 0 Å². The minimum atomic E-state index is -0.122. The van der Waals surface area contributed by atoms with Crippen molar-refractivity contribution in [3.8, 4) is 22.9 Å². The Morgan fingerprint density at radius 1 is 0.812 bits per heavy atom. The fraction of sp³-hybridized carbons (Fsp3) is 0.111. The summed E-state index contributed by atoms with van der Waals surface area (Å²) in [7, 11) is 3.23. The van der Waals surface area contributed by atoms with Crippen LogP contribution in [0.4, 0.5) is 0 Å². The van der Waals surface area contributed by atoms with Gasteiger partial charge < -0.3 is 9.47 Å². The molecule has 0 amide bonds. The molecule has 4 aromatic carbocycles. The van der Waals surface area contributed by atoms with E-state index >= 15 is 0 Å². The molecule has 5 nitrogen and oxygen atoms in total. The Labute approximate surface area is 185 Å². The smallest absolute Gasteiger partial charge is 0.262 e. The predicted octanol–water partition coefficient (Wildman–Crippen LogP) is 5.28. The van der Waals surface area contributed by atoms with E-state index in [4.69, 9.17) is 14.5 Å². The Morgan fingerprint density at radius 3 is 2.38 bits per heavy atom. The zero-order valence-electron chi connectivity index (χ0n) is 17.9. The first-order valence-electron chi connectivity index (χ1n) is 10.4. The lowest BCUT2D eigenvalue weighted by molar-refractivity contribution is 0.415. The van der Waals surface area contributed by atoms with Crippen molar-refractivity contribution in [1.82, 2.24) is 9.55 Å². The van der Waals surface area contributed by atoms with Crippen LogP contribution in [0.1, 0.15) is 5.56 Å². The number of ether oxygens (including phenoxy) is 2. The lowest BCUT2D eigenvalue weighted by Crippen LogP contribution is -2.24. The molecule has 0 saturated carbocycles. The van der Waals surface area contributed by atoms with E-state index in [9.17, 15) is 4.79 Å². The molecule has 0 atom stereocenters. The number of aromatic nitrogens is 2. The summed E-state index contributed by atoms with van der Waals surface area (Å²) in [5.74, 6) is 1.87. The maximum absolute atomic E-state index is 13.8. The molecule has 32 heavy (non-hydrogen) atoms. The van der Waals surface area contributed by atoms with E-state index in [0.29, 0.717) is 34.8 Å². The number of fused-ring (bicyclic) bond motifs is 2. The van der Waals surface area contributed by atoms with Crippen LogP contribution in [-0.2, 0) is 6.54 Å². The van der Waals surface area contributed by atoms with Gasteiger partial charge in [0.1, 0.15) is 17.3 Å². The zero-order chi connectivity index (χ0) is 22.1. The molecular weight excluding hydrogens is 400 g/mol. The topological polar surface area (TPSA) is 53.4 Å². The number of rotatable bonds is 5. The van der Waals surface area contributed by atoms with E-state index in [-0.39, 0.29) is 5.56 Å². The average Bonchev–Trinajstić information content (AvgIpc) is 2.85. The van der Waals surface area contributed by atoms with Gasteiger partial charge in [0.2, 0.25) is 0 Å². The Hall–Kier alpha value is -4.12. The highest BCUT2D eigenvalue weighted by molar-refractivity contribution is 5.99. The molecule has 158 valence electrons. The summed E-state index contributed by atoms with van der Waals surface area (Å²) >= 11 is 0. The highest BCUT2D eigenvalue weighted by Crippen LogP contribution is 2.36. The molecule has 0 fully saturated rings. The lowest BCUT2D eigenvalue weighted by atomic mass is 10.0. The number of benzene rings is 4. The SMILES string of the molecule is COc1ccc2nc(-c3c(OC)ccc4ccccc34)n(Cc3ccccc3)c(=O)c2c1. The summed E-state index contributed by atoms with van der Waals surface area (Å²) in [6, 6.07) is 27.3. The van der Waals surface area contributed by atoms with Gasteiger partial charge in [0.15, 0.2) is 0 Å². The van der Waals surface area contributed by atoms with Crippen LogP contribution in [0.15, 0.2) is 89.7 Å². The van der Waals surface area contributed by atoms with E-state index in [1.54, 1.807) is 24.9 Å². The molecule has 1 heterocycles. The second-order valence-electron chi connectivity index (χ2n) is 7.56. The first-order valence-corrected chi connectivity index (χ1v) is 10.4. The standard InChI is InChI=1S/C27H22N2O3/c1-31-20-13-14-23-22(16-20)27(30)29(17-18-8-4-3-5-9-18)26(28-23)25-21-11-7-6-10-19(21)12-15-24(25)32-2/h3-16H,17H2,1-2H3. The average molecular weight is 422 g/mol. The van der Waals surface area contributed by atoms with Gasteiger partial charge in [-0.25, -0.2) is 4.98 Å². The van der Waals surface area contributed by atoms with Crippen molar-refractivity contribution in [3.05, 3.63) is 101 Å². The minimum Gasteiger partial charge on any atom is -0.497 e. The third-order valence-electron chi connectivity index (χ3n) is 5.68. The second kappa shape index (κ2) is 8.19. The molecule has 0 radical (unpaired) electrons. The van der Waals surface area contributed by atoms with Gasteiger partial charge in [0.05, 0.1) is 37.2 Å². The Bertz CT molecular complexity index is 1490. The van der Waals surface area contributed by atoms with Gasteiger partial charge in [-0.2, -0.15) is 0 Å². The molecule has 0 spiro atoms. The summed E-state index contributed by atoms with van der Waals surface area (Å²) in [4.78, 5) is 18.7. The van der Waals surface area contributed by atoms with E-state index in [1.807, 2.05) is 78.9 Å². The summed E-state index contributed by atoms with van der Waals surface area (Å²) in [6.07, 6.45) is 0. The van der Waals surface area contributed by atoms with Crippen molar-refractivity contribution in [2.75, 3.05) is 14.2 Å². The summed E-state index contributed by atoms with van der Waals surface area (Å²) in [5, 5.41) is 2.55. The molecule has 0 aliphatic carbocycles. The maximum atomic E-state index is 13.8. The number of hydrogen-bond acceptors (Lipinski definition) is 4. The summed E-state index contributed by atoms with van der Waals surface area (Å²) in [6.45, 7) is 0.390. The van der Waals surface area contributed by atoms with Crippen molar-refractivity contribution >= 4 is 21.7 Å². The van der Waals surface area contributed by atoms with Gasteiger partial charge in [-0.15, -0.1) is 0 Å². The third-order valence-corrected chi connectivity index (χ3v) is 5.68. The van der Waals surface area contributed by atoms with Gasteiger partial charge >= 0.3 is 0 Å². The molecule has 0 aliphatic heterocycles. The third kappa shape index (κ3) is 3.38. The van der Waals surface area contributed by atoms with Crippen LogP contribution >= 0.6 is 0 Å². The van der Waals surface area contributed by atoms with Crippen LogP contribution < -0.4 is 15.0 Å². The zero-order valence-corrected chi connectivity index (χ0v) is 17.9. The molecule has 0 N–H and O–H groups in total. The van der Waals surface area contributed by atoms with Crippen LogP contribution in [0.3, 0.4) is 0 Å². The molecule has 0 aliphatic rings. The van der Waals surface area contributed by atoms with Crippen LogP contribution in [0.5, 0.6) is 11.5 Å². The van der Waals surface area contributed by atoms with Crippen LogP contribution in [0, 0.1) is 0 Å². The maximum Gasteiger partial charge on any atom is 0.262 e. The number of nitrogens with zero attached hydrogens (tertiary/aromatic N) is 2. The quantitative estimate of drug-likeness (QED) is 0.387.